The minimum Gasteiger partial charge on any atom is -0.383 e. The van der Waals surface area contributed by atoms with Gasteiger partial charge in [0.25, 0.3) is 0 Å². The number of anilines is 1. The van der Waals surface area contributed by atoms with E-state index in [0.717, 1.165) is 24.8 Å². The van der Waals surface area contributed by atoms with Gasteiger partial charge in [0, 0.05) is 11.8 Å². The van der Waals surface area contributed by atoms with E-state index in [9.17, 15) is 9.59 Å². The van der Waals surface area contributed by atoms with Gasteiger partial charge in [0.05, 0.1) is 18.4 Å². The van der Waals surface area contributed by atoms with E-state index in [1.54, 1.807) is 18.3 Å². The quantitative estimate of drug-likeness (QED) is 0.787. The smallest absolute Gasteiger partial charge is 0.233 e. The van der Waals surface area contributed by atoms with Crippen LogP contribution in [0.15, 0.2) is 18.3 Å². The molecule has 0 bridgehead atoms. The van der Waals surface area contributed by atoms with Gasteiger partial charge in [-0.05, 0) is 18.9 Å². The average molecular weight is 245 g/mol. The predicted octanol–water partition coefficient (Wildman–Crippen LogP) is 0.949. The lowest BCUT2D eigenvalue weighted by molar-refractivity contribution is -0.141. The van der Waals surface area contributed by atoms with Crippen LogP contribution in [0.25, 0.3) is 0 Å². The summed E-state index contributed by atoms with van der Waals surface area (Å²) in [6, 6.07) is 3.56. The van der Waals surface area contributed by atoms with Crippen molar-refractivity contribution in [3.63, 3.8) is 0 Å². The SMILES string of the molecule is Nc1ncccc1CN1C(=O)C2CCCC2C1=O. The molecule has 2 heterocycles. The van der Waals surface area contributed by atoms with Crippen molar-refractivity contribution in [3.05, 3.63) is 23.9 Å². The van der Waals surface area contributed by atoms with E-state index in [4.69, 9.17) is 5.73 Å². The second kappa shape index (κ2) is 4.08. The third-order valence-corrected chi connectivity index (χ3v) is 3.94. The molecule has 1 aromatic heterocycles. The van der Waals surface area contributed by atoms with Crippen molar-refractivity contribution in [1.82, 2.24) is 9.88 Å². The molecule has 3 rings (SSSR count). The van der Waals surface area contributed by atoms with Crippen LogP contribution < -0.4 is 5.73 Å². The first kappa shape index (κ1) is 11.2. The van der Waals surface area contributed by atoms with E-state index in [-0.39, 0.29) is 30.2 Å². The highest BCUT2D eigenvalue weighted by atomic mass is 16.2. The zero-order valence-corrected chi connectivity index (χ0v) is 10.0. The predicted molar refractivity (Wildman–Crippen MR) is 65.0 cm³/mol. The number of nitrogens with two attached hydrogens (primary N) is 1. The number of pyridine rings is 1. The third kappa shape index (κ3) is 1.58. The van der Waals surface area contributed by atoms with Crippen molar-refractivity contribution in [2.75, 3.05) is 5.73 Å². The van der Waals surface area contributed by atoms with Crippen molar-refractivity contribution in [2.24, 2.45) is 11.8 Å². The molecule has 1 aliphatic carbocycles. The Morgan fingerprint density at radius 3 is 2.56 bits per heavy atom. The number of nitrogen functional groups attached to an aromatic ring is 1. The Hall–Kier alpha value is -1.91. The van der Waals surface area contributed by atoms with Gasteiger partial charge in [-0.1, -0.05) is 12.5 Å². The number of imide groups is 1. The molecule has 1 aromatic rings. The molecule has 5 heteroatoms. The van der Waals surface area contributed by atoms with Gasteiger partial charge < -0.3 is 5.73 Å². The van der Waals surface area contributed by atoms with Crippen LogP contribution in [0, 0.1) is 11.8 Å². The molecular formula is C13H15N3O2. The van der Waals surface area contributed by atoms with E-state index in [1.807, 2.05) is 0 Å². The summed E-state index contributed by atoms with van der Waals surface area (Å²) in [7, 11) is 0. The highest BCUT2D eigenvalue weighted by Crippen LogP contribution is 2.40. The number of hydrogen-bond acceptors (Lipinski definition) is 4. The molecule has 0 radical (unpaired) electrons. The van der Waals surface area contributed by atoms with Crippen LogP contribution in [0.1, 0.15) is 24.8 Å². The number of carbonyl (C=O) groups is 2. The van der Waals surface area contributed by atoms with Crippen molar-refractivity contribution in [3.8, 4) is 0 Å². The normalized spacial score (nSPS) is 26.8. The summed E-state index contributed by atoms with van der Waals surface area (Å²) in [5.41, 5.74) is 6.48. The zero-order chi connectivity index (χ0) is 12.7. The monoisotopic (exact) mass is 245 g/mol. The molecule has 18 heavy (non-hydrogen) atoms. The Labute approximate surface area is 105 Å². The van der Waals surface area contributed by atoms with Gasteiger partial charge >= 0.3 is 0 Å². The summed E-state index contributed by atoms with van der Waals surface area (Å²) in [5, 5.41) is 0. The summed E-state index contributed by atoms with van der Waals surface area (Å²) in [6.07, 6.45) is 4.26. The van der Waals surface area contributed by atoms with Gasteiger partial charge in [-0.25, -0.2) is 4.98 Å². The van der Waals surface area contributed by atoms with E-state index in [0.29, 0.717) is 5.82 Å². The Kier molecular flexibility index (Phi) is 2.54. The van der Waals surface area contributed by atoms with Crippen molar-refractivity contribution >= 4 is 17.6 Å². The molecule has 1 aliphatic heterocycles. The van der Waals surface area contributed by atoms with E-state index in [2.05, 4.69) is 4.98 Å². The van der Waals surface area contributed by atoms with E-state index in [1.165, 1.54) is 4.90 Å². The van der Waals surface area contributed by atoms with Crippen LogP contribution in [0.4, 0.5) is 5.82 Å². The van der Waals surface area contributed by atoms with Crippen molar-refractivity contribution in [2.45, 2.75) is 25.8 Å². The minimum absolute atomic E-state index is 0.0363. The molecule has 1 saturated heterocycles. The van der Waals surface area contributed by atoms with Gasteiger partial charge in [-0.15, -0.1) is 0 Å². The van der Waals surface area contributed by atoms with Gasteiger partial charge in [-0.2, -0.15) is 0 Å². The molecule has 2 amide bonds. The van der Waals surface area contributed by atoms with Crippen LogP contribution in [0.5, 0.6) is 0 Å². The number of likely N-dealkylation sites (tertiary alicyclic amines) is 1. The number of carbonyl (C=O) groups excluding carboxylic acids is 2. The second-order valence-corrected chi connectivity index (χ2v) is 4.95. The van der Waals surface area contributed by atoms with Gasteiger partial charge in [0.2, 0.25) is 11.8 Å². The van der Waals surface area contributed by atoms with Crippen molar-refractivity contribution in [1.29, 1.82) is 0 Å². The summed E-state index contributed by atoms with van der Waals surface area (Å²) in [6.45, 7) is 0.254. The molecule has 2 unspecified atom stereocenters. The van der Waals surface area contributed by atoms with Gasteiger partial charge in [0.1, 0.15) is 5.82 Å². The van der Waals surface area contributed by atoms with Gasteiger partial charge in [-0.3, -0.25) is 14.5 Å². The summed E-state index contributed by atoms with van der Waals surface area (Å²) >= 11 is 0. The molecule has 5 nitrogen and oxygen atoms in total. The Balaban J connectivity index is 1.84. The lowest BCUT2D eigenvalue weighted by Gasteiger charge is -2.16. The number of fused-ring (bicyclic) bond motifs is 1. The summed E-state index contributed by atoms with van der Waals surface area (Å²) in [5.74, 6) is 0.137. The summed E-state index contributed by atoms with van der Waals surface area (Å²) < 4.78 is 0. The topological polar surface area (TPSA) is 76.3 Å². The minimum atomic E-state index is -0.0876. The van der Waals surface area contributed by atoms with Crippen LogP contribution in [-0.4, -0.2) is 21.7 Å². The molecule has 1 saturated carbocycles. The van der Waals surface area contributed by atoms with E-state index >= 15 is 0 Å². The maximum absolute atomic E-state index is 12.2. The zero-order valence-electron chi connectivity index (χ0n) is 10.0. The highest BCUT2D eigenvalue weighted by Gasteiger charge is 2.49. The molecule has 0 aromatic carbocycles. The molecular weight excluding hydrogens is 230 g/mol. The molecule has 2 fully saturated rings. The average Bonchev–Trinajstić information content (AvgIpc) is 2.92. The van der Waals surface area contributed by atoms with Crippen molar-refractivity contribution < 1.29 is 9.59 Å². The fourth-order valence-corrected chi connectivity index (χ4v) is 2.97. The Morgan fingerprint density at radius 2 is 1.94 bits per heavy atom. The fraction of sp³-hybridized carbons (Fsp3) is 0.462. The molecule has 0 spiro atoms. The standard InChI is InChI=1S/C13H15N3O2/c14-11-8(3-2-6-15-11)7-16-12(17)9-4-1-5-10(9)13(16)18/h2-3,6,9-10H,1,4-5,7H2,(H2,14,15). The first-order valence-electron chi connectivity index (χ1n) is 6.23. The molecule has 94 valence electrons. The molecule has 2 aliphatic rings. The Bertz CT molecular complexity index is 493. The number of nitrogens with zero attached hydrogens (tertiary/aromatic N) is 2. The Morgan fingerprint density at radius 1 is 1.28 bits per heavy atom. The lowest BCUT2D eigenvalue weighted by atomic mass is 10.00. The molecule has 2 N–H and O–H groups in total. The fourth-order valence-electron chi connectivity index (χ4n) is 2.97. The lowest BCUT2D eigenvalue weighted by Crippen LogP contribution is -2.31. The van der Waals surface area contributed by atoms with Crippen LogP contribution in [-0.2, 0) is 16.1 Å². The second-order valence-electron chi connectivity index (χ2n) is 4.95. The maximum Gasteiger partial charge on any atom is 0.233 e. The number of hydrogen-bond donors (Lipinski definition) is 1. The van der Waals surface area contributed by atoms with Crippen LogP contribution >= 0.6 is 0 Å². The number of rotatable bonds is 2. The molecule has 2 atom stereocenters. The first-order valence-corrected chi connectivity index (χ1v) is 6.23. The number of amides is 2. The van der Waals surface area contributed by atoms with E-state index < -0.39 is 0 Å². The highest BCUT2D eigenvalue weighted by molar-refractivity contribution is 6.05. The summed E-state index contributed by atoms with van der Waals surface area (Å²) in [4.78, 5) is 29.6. The third-order valence-electron chi connectivity index (χ3n) is 3.94. The van der Waals surface area contributed by atoms with Gasteiger partial charge in [0.15, 0.2) is 0 Å². The first-order chi connectivity index (χ1) is 8.68. The number of aromatic nitrogens is 1. The van der Waals surface area contributed by atoms with Crippen LogP contribution in [0.3, 0.4) is 0 Å². The largest absolute Gasteiger partial charge is 0.383 e. The van der Waals surface area contributed by atoms with Crippen LogP contribution in [0.2, 0.25) is 0 Å². The maximum atomic E-state index is 12.2.